The second-order valence-electron chi connectivity index (χ2n) is 9.16. The largest absolute Gasteiger partial charge is 0.324 e. The summed E-state index contributed by atoms with van der Waals surface area (Å²) in [6.45, 7) is 1.91. The highest BCUT2D eigenvalue weighted by Crippen LogP contribution is 2.30. The first-order valence-electron chi connectivity index (χ1n) is 13.2. The van der Waals surface area contributed by atoms with Crippen LogP contribution in [-0.2, 0) is 9.59 Å². The Morgan fingerprint density at radius 3 is 2.33 bits per heavy atom. The van der Waals surface area contributed by atoms with Crippen LogP contribution >= 0.6 is 27.7 Å². The van der Waals surface area contributed by atoms with Gasteiger partial charge in [0.15, 0.2) is 0 Å². The predicted octanol–water partition coefficient (Wildman–Crippen LogP) is 7.28. The smallest absolute Gasteiger partial charge is 0.276 e. The van der Waals surface area contributed by atoms with Crippen LogP contribution < -0.4 is 16.0 Å². The Hall–Kier alpha value is -4.74. The Morgan fingerprint density at radius 2 is 1.60 bits per heavy atom. The first-order chi connectivity index (χ1) is 20.7. The molecule has 1 atom stereocenters. The Kier molecular flexibility index (Phi) is 10.8. The minimum atomic E-state index is -0.678. The highest BCUT2D eigenvalue weighted by molar-refractivity contribution is 9.10. The third kappa shape index (κ3) is 8.63. The van der Waals surface area contributed by atoms with E-state index in [2.05, 4.69) is 31.9 Å². The molecule has 0 aliphatic rings. The maximum atomic E-state index is 13.5. The van der Waals surface area contributed by atoms with E-state index in [0.29, 0.717) is 23.4 Å². The van der Waals surface area contributed by atoms with Crippen molar-refractivity contribution in [3.8, 4) is 0 Å². The van der Waals surface area contributed by atoms with Crippen LogP contribution in [0.25, 0.3) is 6.08 Å². The molecule has 1 unspecified atom stereocenters. The molecule has 0 aliphatic heterocycles. The van der Waals surface area contributed by atoms with Gasteiger partial charge in [-0.1, -0.05) is 55.5 Å². The van der Waals surface area contributed by atoms with E-state index in [9.17, 15) is 24.5 Å². The molecule has 218 valence electrons. The van der Waals surface area contributed by atoms with Crippen molar-refractivity contribution < 1.29 is 19.3 Å². The van der Waals surface area contributed by atoms with Crippen molar-refractivity contribution in [1.82, 2.24) is 5.32 Å². The number of nitro groups is 1. The summed E-state index contributed by atoms with van der Waals surface area (Å²) in [5.74, 6) is -1.39. The Morgan fingerprint density at radius 1 is 0.907 bits per heavy atom. The zero-order chi connectivity index (χ0) is 30.8. The predicted molar refractivity (Wildman–Crippen MR) is 173 cm³/mol. The van der Waals surface area contributed by atoms with Crippen molar-refractivity contribution >= 4 is 68.6 Å². The summed E-state index contributed by atoms with van der Waals surface area (Å²) >= 11 is 4.79. The van der Waals surface area contributed by atoms with Gasteiger partial charge in [0.2, 0.25) is 5.91 Å². The average Bonchev–Trinajstić information content (AvgIpc) is 3.01. The molecule has 0 saturated carbocycles. The van der Waals surface area contributed by atoms with E-state index in [1.54, 1.807) is 60.7 Å². The van der Waals surface area contributed by atoms with Crippen molar-refractivity contribution in [3.05, 3.63) is 135 Å². The molecule has 43 heavy (non-hydrogen) atoms. The van der Waals surface area contributed by atoms with Crippen LogP contribution in [0.15, 0.2) is 118 Å². The van der Waals surface area contributed by atoms with E-state index >= 15 is 0 Å². The number of nitro benzene ring substituents is 1. The van der Waals surface area contributed by atoms with Crippen LogP contribution in [0.2, 0.25) is 0 Å². The fourth-order valence-electron chi connectivity index (χ4n) is 3.98. The maximum absolute atomic E-state index is 13.5. The number of para-hydroxylation sites is 2. The number of hydrogen-bond donors (Lipinski definition) is 3. The molecule has 0 spiro atoms. The lowest BCUT2D eigenvalue weighted by Gasteiger charge is -2.16. The third-order valence-electron chi connectivity index (χ3n) is 6.13. The molecule has 4 rings (SSSR count). The second-order valence-corrected chi connectivity index (χ2v) is 11.3. The van der Waals surface area contributed by atoms with Crippen LogP contribution in [-0.4, -0.2) is 27.9 Å². The van der Waals surface area contributed by atoms with Gasteiger partial charge in [-0.3, -0.25) is 24.5 Å². The van der Waals surface area contributed by atoms with Gasteiger partial charge in [0.25, 0.3) is 17.5 Å². The molecule has 0 radical (unpaired) electrons. The molecule has 11 heteroatoms. The highest BCUT2D eigenvalue weighted by atomic mass is 79.9. The number of rotatable bonds is 11. The first kappa shape index (κ1) is 31.2. The zero-order valence-electron chi connectivity index (χ0n) is 23.0. The van der Waals surface area contributed by atoms with Crippen molar-refractivity contribution in [3.63, 3.8) is 0 Å². The highest BCUT2D eigenvalue weighted by Gasteiger charge is 2.21. The lowest BCUT2D eigenvalue weighted by molar-refractivity contribution is -0.385. The monoisotopic (exact) mass is 658 g/mol. The van der Waals surface area contributed by atoms with Gasteiger partial charge in [-0.2, -0.15) is 0 Å². The third-order valence-corrected chi connectivity index (χ3v) is 8.18. The van der Waals surface area contributed by atoms with Crippen LogP contribution in [0.4, 0.5) is 17.1 Å². The maximum Gasteiger partial charge on any atom is 0.276 e. The molecular weight excluding hydrogens is 632 g/mol. The lowest BCUT2D eigenvalue weighted by Crippen LogP contribution is -2.30. The molecule has 0 bridgehead atoms. The van der Waals surface area contributed by atoms with Gasteiger partial charge in [0.05, 0.1) is 21.4 Å². The van der Waals surface area contributed by atoms with Crippen LogP contribution in [0, 0.1) is 10.1 Å². The number of hydrogen-bond acceptors (Lipinski definition) is 6. The summed E-state index contributed by atoms with van der Waals surface area (Å²) in [4.78, 5) is 51.2. The summed E-state index contributed by atoms with van der Waals surface area (Å²) in [5, 5.41) is 19.5. The van der Waals surface area contributed by atoms with Crippen molar-refractivity contribution in [2.45, 2.75) is 23.5 Å². The van der Waals surface area contributed by atoms with E-state index in [1.807, 2.05) is 31.2 Å². The molecule has 3 N–H and O–H groups in total. The molecule has 0 saturated heterocycles. The van der Waals surface area contributed by atoms with Gasteiger partial charge in [-0.25, -0.2) is 0 Å². The molecule has 0 fully saturated rings. The van der Waals surface area contributed by atoms with Gasteiger partial charge in [-0.15, -0.1) is 11.8 Å². The number of benzene rings is 4. The molecule has 0 aromatic heterocycles. The first-order valence-corrected chi connectivity index (χ1v) is 14.9. The van der Waals surface area contributed by atoms with Gasteiger partial charge in [0.1, 0.15) is 5.70 Å². The SMILES string of the molecule is CCC(Sc1cccc(NC(=O)/C(=C\c2ccccc2[N+](=O)[O-])NC(=O)c2ccccc2)c1)C(=O)Nc1ccccc1Br. The van der Waals surface area contributed by atoms with Crippen molar-refractivity contribution in [1.29, 1.82) is 0 Å². The lowest BCUT2D eigenvalue weighted by atomic mass is 10.1. The van der Waals surface area contributed by atoms with Gasteiger partial charge >= 0.3 is 0 Å². The Bertz CT molecular complexity index is 1680. The summed E-state index contributed by atoms with van der Waals surface area (Å²) in [6, 6.07) is 28.5. The number of nitrogens with one attached hydrogen (secondary N) is 3. The minimum Gasteiger partial charge on any atom is -0.324 e. The molecule has 9 nitrogen and oxygen atoms in total. The van der Waals surface area contributed by atoms with Crippen LogP contribution in [0.5, 0.6) is 0 Å². The minimum absolute atomic E-state index is 0.150. The molecule has 4 aromatic rings. The summed E-state index contributed by atoms with van der Waals surface area (Å²) in [5.41, 5.74) is 1.15. The second kappa shape index (κ2) is 14.9. The number of amides is 3. The normalized spacial score (nSPS) is 11.7. The Labute approximate surface area is 261 Å². The summed E-state index contributed by atoms with van der Waals surface area (Å²) in [7, 11) is 0. The van der Waals surface area contributed by atoms with E-state index in [1.165, 1.54) is 36.0 Å². The zero-order valence-corrected chi connectivity index (χ0v) is 25.4. The van der Waals surface area contributed by atoms with Gasteiger partial charge in [-0.05, 0) is 77.0 Å². The van der Waals surface area contributed by atoms with E-state index < -0.39 is 22.0 Å². The van der Waals surface area contributed by atoms with Crippen LogP contribution in [0.1, 0.15) is 29.3 Å². The van der Waals surface area contributed by atoms with Gasteiger partial charge < -0.3 is 16.0 Å². The number of halogens is 1. The molecule has 3 amide bonds. The number of carbonyl (C=O) groups is 3. The van der Waals surface area contributed by atoms with Crippen molar-refractivity contribution in [2.75, 3.05) is 10.6 Å². The quantitative estimate of drug-likeness (QED) is 0.0672. The molecule has 0 aliphatic carbocycles. The van der Waals surface area contributed by atoms with E-state index in [0.717, 1.165) is 9.37 Å². The van der Waals surface area contributed by atoms with E-state index in [-0.39, 0.29) is 22.9 Å². The fourth-order valence-corrected chi connectivity index (χ4v) is 5.38. The summed E-state index contributed by atoms with van der Waals surface area (Å²) in [6.07, 6.45) is 1.83. The van der Waals surface area contributed by atoms with Crippen molar-refractivity contribution in [2.24, 2.45) is 0 Å². The molecule has 0 heterocycles. The number of nitrogens with zero attached hydrogens (tertiary/aromatic N) is 1. The topological polar surface area (TPSA) is 130 Å². The van der Waals surface area contributed by atoms with E-state index in [4.69, 9.17) is 0 Å². The van der Waals surface area contributed by atoms with Crippen LogP contribution in [0.3, 0.4) is 0 Å². The summed E-state index contributed by atoms with van der Waals surface area (Å²) < 4.78 is 0.775. The van der Waals surface area contributed by atoms with Gasteiger partial charge in [0, 0.05) is 26.7 Å². The average molecular weight is 660 g/mol. The Balaban J connectivity index is 1.55. The molecule has 4 aromatic carbocycles. The number of anilines is 2. The molecular formula is C32H27BrN4O5S. The number of thioether (sulfide) groups is 1. The number of carbonyl (C=O) groups excluding carboxylic acids is 3. The standard InChI is InChI=1S/C32H27BrN4O5S/c1-2-29(32(40)35-26-17-8-7-16-25(26)33)43-24-15-10-14-23(20-24)34-31(39)27(36-30(38)21-11-4-3-5-12-21)19-22-13-6-9-18-28(22)37(41)42/h3-20,29H,2H2,1H3,(H,34,39)(H,35,40)(H,36,38)/b27-19+. The fraction of sp³-hybridized carbons (Fsp3) is 0.0938.